The van der Waals surface area contributed by atoms with Crippen LogP contribution in [0.2, 0.25) is 0 Å². The maximum absolute atomic E-state index is 11.8. The average Bonchev–Trinajstić information content (AvgIpc) is 2.32. The van der Waals surface area contributed by atoms with Crippen LogP contribution >= 0.6 is 0 Å². The van der Waals surface area contributed by atoms with Gasteiger partial charge < -0.3 is 14.3 Å². The molecule has 0 radical (unpaired) electrons. The van der Waals surface area contributed by atoms with Crippen LogP contribution in [0.1, 0.15) is 32.6 Å². The summed E-state index contributed by atoms with van der Waals surface area (Å²) in [6.07, 6.45) is 3.61. The minimum absolute atomic E-state index is 0.163. The van der Waals surface area contributed by atoms with Crippen LogP contribution in [0.25, 0.3) is 0 Å². The van der Waals surface area contributed by atoms with Gasteiger partial charge in [-0.2, -0.15) is 0 Å². The Hall–Kier alpha value is -0.900. The maximum atomic E-state index is 11.8. The molecule has 2 aliphatic heterocycles. The highest BCUT2D eigenvalue weighted by molar-refractivity contribution is 5.78. The van der Waals surface area contributed by atoms with E-state index >= 15 is 0 Å². The molecule has 3 rings (SSSR count). The van der Waals surface area contributed by atoms with Gasteiger partial charge in [0.25, 0.3) is 0 Å². The average molecular weight is 212 g/mol. The van der Waals surface area contributed by atoms with Gasteiger partial charge in [-0.25, -0.2) is 0 Å². The Labute approximate surface area is 88.9 Å². The van der Waals surface area contributed by atoms with Crippen molar-refractivity contribution in [2.45, 2.75) is 38.2 Å². The van der Waals surface area contributed by atoms with Gasteiger partial charge in [-0.15, -0.1) is 0 Å². The molecular weight excluding hydrogens is 196 g/mol. The van der Waals surface area contributed by atoms with Gasteiger partial charge in [0, 0.05) is 0 Å². The summed E-state index contributed by atoms with van der Waals surface area (Å²) < 4.78 is 10.6. The van der Waals surface area contributed by atoms with Crippen LogP contribution in [-0.4, -0.2) is 31.1 Å². The summed E-state index contributed by atoms with van der Waals surface area (Å²) in [6.45, 7) is 2.54. The van der Waals surface area contributed by atoms with Gasteiger partial charge in [-0.3, -0.25) is 4.79 Å². The Morgan fingerprint density at radius 2 is 2.07 bits per heavy atom. The molecule has 3 fully saturated rings. The monoisotopic (exact) mass is 212 g/mol. The summed E-state index contributed by atoms with van der Waals surface area (Å²) in [5.41, 5.74) is -1.07. The molecule has 3 aliphatic rings. The third kappa shape index (κ3) is 1.57. The Morgan fingerprint density at radius 3 is 2.47 bits per heavy atom. The SMILES string of the molecule is CCOC(=O)C12CCC(C=O)(CC1)OC2. The number of hydrogen-bond donors (Lipinski definition) is 0. The molecule has 2 saturated heterocycles. The predicted octanol–water partition coefficient (Wildman–Crippen LogP) is 1.08. The summed E-state index contributed by atoms with van der Waals surface area (Å²) in [5.74, 6) is -0.163. The van der Waals surface area contributed by atoms with Crippen molar-refractivity contribution >= 4 is 12.3 Å². The maximum Gasteiger partial charge on any atom is 0.314 e. The third-order valence-electron chi connectivity index (χ3n) is 3.61. The second-order valence-electron chi connectivity index (χ2n) is 4.47. The molecule has 0 amide bonds. The quantitative estimate of drug-likeness (QED) is 0.519. The van der Waals surface area contributed by atoms with Crippen LogP contribution in [0.15, 0.2) is 0 Å². The van der Waals surface area contributed by atoms with Gasteiger partial charge in [0.15, 0.2) is 6.29 Å². The lowest BCUT2D eigenvalue weighted by molar-refractivity contribution is -0.200. The molecule has 0 aromatic rings. The van der Waals surface area contributed by atoms with E-state index in [1.807, 2.05) is 0 Å². The number of hydrogen-bond acceptors (Lipinski definition) is 4. The van der Waals surface area contributed by atoms with Crippen molar-refractivity contribution in [3.8, 4) is 0 Å². The molecule has 1 aliphatic carbocycles. The summed E-state index contributed by atoms with van der Waals surface area (Å²) in [7, 11) is 0. The van der Waals surface area contributed by atoms with Gasteiger partial charge in [0.05, 0.1) is 18.6 Å². The van der Waals surface area contributed by atoms with Crippen LogP contribution < -0.4 is 0 Å². The zero-order chi connectivity index (χ0) is 10.9. The number of fused-ring (bicyclic) bond motifs is 3. The molecule has 1 saturated carbocycles. The number of carbonyl (C=O) groups excluding carboxylic acids is 2. The lowest BCUT2D eigenvalue weighted by atomic mass is 9.66. The molecule has 4 nitrogen and oxygen atoms in total. The van der Waals surface area contributed by atoms with Gasteiger partial charge in [0.1, 0.15) is 5.60 Å². The molecular formula is C11H16O4. The van der Waals surface area contributed by atoms with Crippen LogP contribution in [0.4, 0.5) is 0 Å². The van der Waals surface area contributed by atoms with Crippen LogP contribution in [0.3, 0.4) is 0 Å². The van der Waals surface area contributed by atoms with Crippen molar-refractivity contribution in [3.05, 3.63) is 0 Å². The van der Waals surface area contributed by atoms with Gasteiger partial charge in [-0.05, 0) is 32.6 Å². The number of aldehydes is 1. The fraction of sp³-hybridized carbons (Fsp3) is 0.818. The Bertz CT molecular complexity index is 260. The van der Waals surface area contributed by atoms with E-state index in [4.69, 9.17) is 9.47 Å². The smallest absolute Gasteiger partial charge is 0.314 e. The second kappa shape index (κ2) is 3.59. The van der Waals surface area contributed by atoms with E-state index in [-0.39, 0.29) is 5.97 Å². The normalized spacial score (nSPS) is 38.7. The van der Waals surface area contributed by atoms with Crippen molar-refractivity contribution in [1.29, 1.82) is 0 Å². The number of esters is 1. The summed E-state index contributed by atoms with van der Waals surface area (Å²) >= 11 is 0. The zero-order valence-electron chi connectivity index (χ0n) is 8.95. The van der Waals surface area contributed by atoms with Crippen molar-refractivity contribution in [1.82, 2.24) is 0 Å². The first-order chi connectivity index (χ1) is 7.16. The van der Waals surface area contributed by atoms with E-state index in [2.05, 4.69) is 0 Å². The number of ether oxygens (including phenoxy) is 2. The van der Waals surface area contributed by atoms with E-state index in [0.717, 1.165) is 6.29 Å². The number of rotatable bonds is 3. The summed E-state index contributed by atoms with van der Waals surface area (Å²) in [5, 5.41) is 0. The van der Waals surface area contributed by atoms with E-state index in [1.54, 1.807) is 6.92 Å². The molecule has 0 aromatic heterocycles. The van der Waals surface area contributed by atoms with Gasteiger partial charge in [0.2, 0.25) is 0 Å². The lowest BCUT2D eigenvalue weighted by Gasteiger charge is -2.48. The topological polar surface area (TPSA) is 52.6 Å². The first-order valence-electron chi connectivity index (χ1n) is 5.44. The molecule has 4 heteroatoms. The highest BCUT2D eigenvalue weighted by Crippen LogP contribution is 2.48. The Balaban J connectivity index is 2.09. The molecule has 15 heavy (non-hydrogen) atoms. The van der Waals surface area contributed by atoms with Crippen molar-refractivity contribution in [2.75, 3.05) is 13.2 Å². The van der Waals surface area contributed by atoms with E-state index in [0.29, 0.717) is 38.9 Å². The minimum atomic E-state index is -0.603. The van der Waals surface area contributed by atoms with Crippen molar-refractivity contribution in [3.63, 3.8) is 0 Å². The Morgan fingerprint density at radius 1 is 1.40 bits per heavy atom. The third-order valence-corrected chi connectivity index (χ3v) is 3.61. The highest BCUT2D eigenvalue weighted by atomic mass is 16.5. The first-order valence-corrected chi connectivity index (χ1v) is 5.44. The zero-order valence-corrected chi connectivity index (χ0v) is 8.95. The highest BCUT2D eigenvalue weighted by Gasteiger charge is 2.54. The van der Waals surface area contributed by atoms with Crippen LogP contribution in [0.5, 0.6) is 0 Å². The first kappa shape index (κ1) is 10.6. The van der Waals surface area contributed by atoms with E-state index in [1.165, 1.54) is 0 Å². The lowest BCUT2D eigenvalue weighted by Crippen LogP contribution is -2.55. The standard InChI is InChI=1S/C11H16O4/c1-2-14-9(13)10-3-5-11(7-12,6-4-10)15-8-10/h7H,2-6,8H2,1H3. The second-order valence-corrected chi connectivity index (χ2v) is 4.47. The van der Waals surface area contributed by atoms with Gasteiger partial charge in [-0.1, -0.05) is 0 Å². The minimum Gasteiger partial charge on any atom is -0.465 e. The van der Waals surface area contributed by atoms with Crippen molar-refractivity contribution in [2.24, 2.45) is 5.41 Å². The molecule has 0 spiro atoms. The van der Waals surface area contributed by atoms with Crippen molar-refractivity contribution < 1.29 is 19.1 Å². The van der Waals surface area contributed by atoms with Crippen LogP contribution in [0, 0.1) is 5.41 Å². The summed E-state index contributed by atoms with van der Waals surface area (Å²) in [6, 6.07) is 0. The van der Waals surface area contributed by atoms with Crippen LogP contribution in [-0.2, 0) is 19.1 Å². The van der Waals surface area contributed by atoms with Gasteiger partial charge >= 0.3 is 5.97 Å². The molecule has 2 bridgehead atoms. The summed E-state index contributed by atoms with van der Waals surface area (Å²) in [4.78, 5) is 22.7. The molecule has 2 heterocycles. The molecule has 0 N–H and O–H groups in total. The Kier molecular flexibility index (Phi) is 2.54. The molecule has 0 unspecified atom stereocenters. The fourth-order valence-electron chi connectivity index (χ4n) is 2.42. The largest absolute Gasteiger partial charge is 0.465 e. The molecule has 0 aromatic carbocycles. The number of carbonyl (C=O) groups is 2. The fourth-order valence-corrected chi connectivity index (χ4v) is 2.42. The predicted molar refractivity (Wildman–Crippen MR) is 52.3 cm³/mol. The molecule has 84 valence electrons. The van der Waals surface area contributed by atoms with E-state index in [9.17, 15) is 9.59 Å². The molecule has 0 atom stereocenters. The van der Waals surface area contributed by atoms with E-state index < -0.39 is 11.0 Å².